The van der Waals surface area contributed by atoms with E-state index in [9.17, 15) is 9.00 Å². The molecule has 7 heteroatoms. The van der Waals surface area contributed by atoms with Crippen LogP contribution >= 0.6 is 0 Å². The predicted octanol–water partition coefficient (Wildman–Crippen LogP) is 7.09. The second-order valence-corrected chi connectivity index (χ2v) is 11.8. The van der Waals surface area contributed by atoms with Crippen LogP contribution < -0.4 is 4.74 Å². The van der Waals surface area contributed by atoms with Crippen LogP contribution in [0.5, 0.6) is 5.75 Å². The first kappa shape index (κ1) is 25.2. The third-order valence-electron chi connectivity index (χ3n) is 5.81. The van der Waals surface area contributed by atoms with E-state index >= 15 is 0 Å². The Hall–Kier alpha value is -4.49. The van der Waals surface area contributed by atoms with Gasteiger partial charge in [0, 0.05) is 33.9 Å². The fourth-order valence-electron chi connectivity index (χ4n) is 4.12. The number of carbonyl (C=O) groups excluding carboxylic acids is 1. The molecule has 5 rings (SSSR count). The molecule has 0 amide bonds. The molecule has 0 aliphatic carbocycles. The van der Waals surface area contributed by atoms with Crippen LogP contribution in [0, 0.1) is 6.92 Å². The van der Waals surface area contributed by atoms with Crippen LogP contribution in [0.25, 0.3) is 28.1 Å². The number of carbonyl (C=O) groups is 1. The smallest absolute Gasteiger partial charge is 0.364 e. The van der Waals surface area contributed by atoms with Crippen molar-refractivity contribution in [2.45, 2.75) is 6.92 Å². The molecule has 0 atom stereocenters. The molecule has 0 aliphatic heterocycles. The highest BCUT2D eigenvalue weighted by Crippen LogP contribution is 2.29. The summed E-state index contributed by atoms with van der Waals surface area (Å²) in [4.78, 5) is 13.2. The zero-order valence-electron chi connectivity index (χ0n) is 21.4. The molecule has 4 aromatic carbocycles. The van der Waals surface area contributed by atoms with Gasteiger partial charge in [-0.2, -0.15) is 9.46 Å². The van der Waals surface area contributed by atoms with Gasteiger partial charge in [-0.05, 0) is 53.9 Å². The third-order valence-corrected chi connectivity index (χ3v) is 6.46. The molecule has 0 bridgehead atoms. The molecule has 190 valence electrons. The van der Waals surface area contributed by atoms with Crippen LogP contribution in [0.2, 0.25) is 0 Å². The standard InChI is InChI=1S/C31H27N3O3S/c1-22-9-7-13-27(19-22)34-30(25-17-15-24(16-18-25)23-10-5-4-6-11-23)21-29(32-34)31(35)37-28-14-8-12-26(20-28)33-38(2,3)36/h4-21H,1-3H3. The zero-order valence-corrected chi connectivity index (χ0v) is 22.2. The SMILES string of the molecule is Cc1cccc(-n2nc(C(=O)Oc3cccc(N=S(C)(C)=O)c3)cc2-c2ccc(-c3ccccc3)cc2)c1. The molecule has 1 heterocycles. The van der Waals surface area contributed by atoms with Crippen molar-refractivity contribution in [3.8, 4) is 33.8 Å². The first-order chi connectivity index (χ1) is 18.2. The lowest BCUT2D eigenvalue weighted by Gasteiger charge is -2.09. The van der Waals surface area contributed by atoms with Gasteiger partial charge in [0.1, 0.15) is 5.75 Å². The number of aryl methyl sites for hydroxylation is 1. The van der Waals surface area contributed by atoms with E-state index in [1.807, 2.05) is 61.5 Å². The Kier molecular flexibility index (Phi) is 6.94. The van der Waals surface area contributed by atoms with Crippen LogP contribution in [-0.2, 0) is 9.73 Å². The molecule has 0 unspecified atom stereocenters. The van der Waals surface area contributed by atoms with Crippen LogP contribution in [0.3, 0.4) is 0 Å². The summed E-state index contributed by atoms with van der Waals surface area (Å²) in [6.45, 7) is 2.01. The normalized spacial score (nSPS) is 11.2. The Bertz CT molecular complexity index is 1720. The lowest BCUT2D eigenvalue weighted by Crippen LogP contribution is -2.10. The molecular weight excluding hydrogens is 494 g/mol. The largest absolute Gasteiger partial charge is 0.422 e. The zero-order chi connectivity index (χ0) is 26.7. The van der Waals surface area contributed by atoms with Crippen LogP contribution in [0.4, 0.5) is 5.69 Å². The fourth-order valence-corrected chi connectivity index (χ4v) is 4.75. The van der Waals surface area contributed by atoms with Gasteiger partial charge in [-0.1, -0.05) is 72.8 Å². The molecule has 0 N–H and O–H groups in total. The predicted molar refractivity (Wildman–Crippen MR) is 153 cm³/mol. The van der Waals surface area contributed by atoms with Crippen molar-refractivity contribution < 1.29 is 13.7 Å². The molecule has 5 aromatic rings. The highest BCUT2D eigenvalue weighted by atomic mass is 32.2. The Morgan fingerprint density at radius 1 is 0.789 bits per heavy atom. The van der Waals surface area contributed by atoms with E-state index in [0.29, 0.717) is 11.4 Å². The second-order valence-electron chi connectivity index (χ2n) is 9.27. The van der Waals surface area contributed by atoms with Crippen molar-refractivity contribution in [2.24, 2.45) is 4.36 Å². The Morgan fingerprint density at radius 2 is 1.47 bits per heavy atom. The van der Waals surface area contributed by atoms with Gasteiger partial charge in [-0.3, -0.25) is 0 Å². The molecular formula is C31H27N3O3S. The maximum atomic E-state index is 13.2. The quantitative estimate of drug-likeness (QED) is 0.177. The number of rotatable bonds is 6. The van der Waals surface area contributed by atoms with E-state index in [1.165, 1.54) is 0 Å². The summed E-state index contributed by atoms with van der Waals surface area (Å²) < 4.78 is 23.6. The maximum Gasteiger partial charge on any atom is 0.364 e. The van der Waals surface area contributed by atoms with Crippen molar-refractivity contribution in [1.29, 1.82) is 0 Å². The van der Waals surface area contributed by atoms with Gasteiger partial charge < -0.3 is 4.74 Å². The van der Waals surface area contributed by atoms with E-state index in [2.05, 4.69) is 33.7 Å². The number of aromatic nitrogens is 2. The summed E-state index contributed by atoms with van der Waals surface area (Å²) in [5.41, 5.74) is 6.49. The summed E-state index contributed by atoms with van der Waals surface area (Å²) in [7, 11) is -2.34. The molecule has 0 saturated carbocycles. The van der Waals surface area contributed by atoms with Crippen molar-refractivity contribution in [1.82, 2.24) is 9.78 Å². The number of ether oxygens (including phenoxy) is 1. The number of hydrogen-bond acceptors (Lipinski definition) is 5. The van der Waals surface area contributed by atoms with Crippen LogP contribution in [-0.4, -0.2) is 32.5 Å². The van der Waals surface area contributed by atoms with Gasteiger partial charge in [-0.15, -0.1) is 0 Å². The Labute approximate surface area is 222 Å². The Morgan fingerprint density at radius 3 is 2.18 bits per heavy atom. The molecule has 0 radical (unpaired) electrons. The summed E-state index contributed by atoms with van der Waals surface area (Å²) in [5, 5.41) is 4.63. The summed E-state index contributed by atoms with van der Waals surface area (Å²) in [6.07, 6.45) is 3.11. The monoisotopic (exact) mass is 521 g/mol. The highest BCUT2D eigenvalue weighted by molar-refractivity contribution is 7.92. The van der Waals surface area contributed by atoms with Gasteiger partial charge in [0.05, 0.1) is 17.1 Å². The Balaban J connectivity index is 1.51. The molecule has 1 aromatic heterocycles. The molecule has 0 fully saturated rings. The lowest BCUT2D eigenvalue weighted by atomic mass is 10.0. The third kappa shape index (κ3) is 5.90. The summed E-state index contributed by atoms with van der Waals surface area (Å²) in [5.74, 6) is -0.289. The highest BCUT2D eigenvalue weighted by Gasteiger charge is 2.19. The van der Waals surface area contributed by atoms with Crippen LogP contribution in [0.15, 0.2) is 114 Å². The van der Waals surface area contributed by atoms with Crippen molar-refractivity contribution in [2.75, 3.05) is 12.5 Å². The van der Waals surface area contributed by atoms with E-state index in [1.54, 1.807) is 47.5 Å². The average Bonchev–Trinajstić information content (AvgIpc) is 3.34. The number of esters is 1. The van der Waals surface area contributed by atoms with E-state index in [-0.39, 0.29) is 5.69 Å². The van der Waals surface area contributed by atoms with Crippen molar-refractivity contribution in [3.05, 3.63) is 120 Å². The van der Waals surface area contributed by atoms with E-state index in [0.717, 1.165) is 33.6 Å². The fraction of sp³-hybridized carbons (Fsp3) is 0.0968. The van der Waals surface area contributed by atoms with Crippen molar-refractivity contribution in [3.63, 3.8) is 0 Å². The van der Waals surface area contributed by atoms with Gasteiger partial charge in [0.25, 0.3) is 0 Å². The minimum atomic E-state index is -2.34. The molecule has 0 aliphatic rings. The summed E-state index contributed by atoms with van der Waals surface area (Å²) in [6, 6.07) is 34.7. The van der Waals surface area contributed by atoms with E-state index < -0.39 is 15.7 Å². The number of benzene rings is 4. The molecule has 0 saturated heterocycles. The topological polar surface area (TPSA) is 73.6 Å². The first-order valence-electron chi connectivity index (χ1n) is 12.1. The van der Waals surface area contributed by atoms with Gasteiger partial charge in [-0.25, -0.2) is 13.7 Å². The first-order valence-corrected chi connectivity index (χ1v) is 14.4. The minimum Gasteiger partial charge on any atom is -0.422 e. The lowest BCUT2D eigenvalue weighted by molar-refractivity contribution is 0.0728. The number of nitrogens with zero attached hydrogens (tertiary/aromatic N) is 3. The number of hydrogen-bond donors (Lipinski definition) is 0. The van der Waals surface area contributed by atoms with Crippen LogP contribution in [0.1, 0.15) is 16.1 Å². The van der Waals surface area contributed by atoms with Crippen molar-refractivity contribution >= 4 is 21.4 Å². The molecule has 0 spiro atoms. The summed E-state index contributed by atoms with van der Waals surface area (Å²) >= 11 is 0. The minimum absolute atomic E-state index is 0.172. The van der Waals surface area contributed by atoms with E-state index in [4.69, 9.17) is 4.74 Å². The average molecular weight is 522 g/mol. The molecule has 6 nitrogen and oxygen atoms in total. The van der Waals surface area contributed by atoms with Gasteiger partial charge in [0.15, 0.2) is 5.69 Å². The molecule has 38 heavy (non-hydrogen) atoms. The van der Waals surface area contributed by atoms with Gasteiger partial charge in [0.2, 0.25) is 0 Å². The van der Waals surface area contributed by atoms with Gasteiger partial charge >= 0.3 is 5.97 Å². The second kappa shape index (κ2) is 10.5. The maximum absolute atomic E-state index is 13.2.